The number of anilines is 1. The standard InChI is InChI=1S/C60H80BrF2N2O14P/c1-54(2,3)76-51(71)19-14-12-13-17-39(28-42(67)34-64-50(70)33-61)52(72)65-40-18-15-16-37(27-40)26-36-20-22-38(23-21-36)53-75-49-31-43-44-30-46(62)45-29-41(66)24-25-57(45,10)59(44,63)47(68)32-58(43,11)60(49,77-53)48(69)35-74-80(73,78-55(4,5)6)79-56(7,8)9/h15-16,18,20-25,27,29,39,43-44,46-47,49,53,68H,12-14,17,19,26,28,30-35H2,1-11H3,(H,64,70)(H,65,72)/t39-,43+,44+,46+,47+,49-,53-,57+,58+,59+,60-/m1/s1. The summed E-state index contributed by atoms with van der Waals surface area (Å²) in [6, 6.07) is 14.6. The van der Waals surface area contributed by atoms with Crippen LogP contribution in [-0.2, 0) is 67.5 Å². The van der Waals surface area contributed by atoms with Gasteiger partial charge in [0.15, 0.2) is 34.9 Å². The van der Waals surface area contributed by atoms with Crippen LogP contribution >= 0.6 is 23.8 Å². The first-order valence-electron chi connectivity index (χ1n) is 27.7. The molecule has 2 aromatic carbocycles. The van der Waals surface area contributed by atoms with Gasteiger partial charge in [0.1, 0.15) is 18.4 Å². The number of aliphatic hydroxyl groups excluding tert-OH is 1. The number of aliphatic hydroxyl groups is 1. The number of nitrogens with one attached hydrogen (secondary N) is 2. The van der Waals surface area contributed by atoms with Crippen LogP contribution in [0.4, 0.5) is 14.5 Å². The molecule has 2 aromatic rings. The van der Waals surface area contributed by atoms with Gasteiger partial charge in [-0.05, 0) is 155 Å². The first-order chi connectivity index (χ1) is 37.1. The van der Waals surface area contributed by atoms with Crippen LogP contribution in [-0.4, -0.2) is 105 Å². The highest BCUT2D eigenvalue weighted by Crippen LogP contribution is 2.73. The van der Waals surface area contributed by atoms with Crippen molar-refractivity contribution in [1.82, 2.24) is 5.32 Å². The van der Waals surface area contributed by atoms with E-state index in [4.69, 9.17) is 27.8 Å². The molecular formula is C60H80BrF2N2O14P. The normalized spacial score (nSPS) is 29.6. The number of hydrogen-bond acceptors (Lipinski definition) is 14. The van der Waals surface area contributed by atoms with Gasteiger partial charge in [0.05, 0.1) is 35.3 Å². The van der Waals surface area contributed by atoms with Gasteiger partial charge in [0.2, 0.25) is 11.8 Å². The van der Waals surface area contributed by atoms with E-state index >= 15 is 13.6 Å². The van der Waals surface area contributed by atoms with E-state index in [2.05, 4.69) is 26.6 Å². The second-order valence-corrected chi connectivity index (χ2v) is 27.7. The molecule has 80 heavy (non-hydrogen) atoms. The minimum Gasteiger partial charge on any atom is -0.460 e. The zero-order chi connectivity index (χ0) is 59.0. The van der Waals surface area contributed by atoms with Crippen LogP contribution in [0.1, 0.15) is 157 Å². The van der Waals surface area contributed by atoms with Crippen LogP contribution in [0.5, 0.6) is 0 Å². The first kappa shape index (κ1) is 63.3. The Balaban J connectivity index is 1.09. The summed E-state index contributed by atoms with van der Waals surface area (Å²) in [5.74, 6) is -5.11. The third-order valence-electron chi connectivity index (χ3n) is 16.1. The van der Waals surface area contributed by atoms with Gasteiger partial charge in [-0.1, -0.05) is 78.2 Å². The smallest absolute Gasteiger partial charge is 0.460 e. The molecule has 11 atom stereocenters. The summed E-state index contributed by atoms with van der Waals surface area (Å²) in [5.41, 5.74) is -7.38. The highest BCUT2D eigenvalue weighted by molar-refractivity contribution is 9.09. The number of amides is 2. The van der Waals surface area contributed by atoms with Crippen molar-refractivity contribution in [1.29, 1.82) is 0 Å². The summed E-state index contributed by atoms with van der Waals surface area (Å²) >= 11 is 3.07. The summed E-state index contributed by atoms with van der Waals surface area (Å²) in [5, 5.41) is 17.8. The van der Waals surface area contributed by atoms with E-state index in [0.29, 0.717) is 43.4 Å². The Bertz CT molecular complexity index is 2770. The van der Waals surface area contributed by atoms with E-state index in [1.54, 1.807) is 93.5 Å². The van der Waals surface area contributed by atoms with Crippen molar-refractivity contribution < 1.29 is 75.0 Å². The van der Waals surface area contributed by atoms with E-state index in [1.807, 2.05) is 24.3 Å². The van der Waals surface area contributed by atoms with Crippen molar-refractivity contribution in [3.63, 3.8) is 0 Å². The number of fused-ring (bicyclic) bond motifs is 7. The van der Waals surface area contributed by atoms with Gasteiger partial charge in [-0.15, -0.1) is 0 Å². The van der Waals surface area contributed by atoms with Crippen molar-refractivity contribution in [3.8, 4) is 0 Å². The van der Waals surface area contributed by atoms with Gasteiger partial charge < -0.3 is 30.0 Å². The molecule has 2 amide bonds. The predicted octanol–water partition coefficient (Wildman–Crippen LogP) is 11.0. The predicted molar refractivity (Wildman–Crippen MR) is 299 cm³/mol. The molecule has 0 aromatic heterocycles. The number of allylic oxidation sites excluding steroid dienone is 4. The van der Waals surface area contributed by atoms with Gasteiger partial charge in [-0.25, -0.2) is 13.3 Å². The number of halogens is 3. The summed E-state index contributed by atoms with van der Waals surface area (Å²) < 4.78 is 85.7. The van der Waals surface area contributed by atoms with Gasteiger partial charge in [-0.2, -0.15) is 0 Å². The van der Waals surface area contributed by atoms with Crippen LogP contribution in [0.15, 0.2) is 72.3 Å². The number of alkyl halides is 3. The van der Waals surface area contributed by atoms with Crippen molar-refractivity contribution in [2.24, 2.45) is 28.6 Å². The molecule has 0 radical (unpaired) electrons. The van der Waals surface area contributed by atoms with E-state index in [1.165, 1.54) is 19.1 Å². The second-order valence-electron chi connectivity index (χ2n) is 25.6. The molecule has 16 nitrogen and oxygen atoms in total. The topological polar surface area (TPSA) is 219 Å². The largest absolute Gasteiger partial charge is 0.476 e. The fourth-order valence-electron chi connectivity index (χ4n) is 12.8. The Hall–Kier alpha value is -4.33. The summed E-state index contributed by atoms with van der Waals surface area (Å²) in [6.07, 6.45) is 0.0723. The maximum Gasteiger partial charge on any atom is 0.476 e. The molecule has 1 aliphatic heterocycles. The summed E-state index contributed by atoms with van der Waals surface area (Å²) in [6.45, 7) is 17.6. The average Bonchev–Trinajstić information content (AvgIpc) is 4.02. The van der Waals surface area contributed by atoms with Gasteiger partial charge >= 0.3 is 13.8 Å². The zero-order valence-electron chi connectivity index (χ0n) is 47.9. The first-order valence-corrected chi connectivity index (χ1v) is 30.3. The Morgan fingerprint density at radius 2 is 1.57 bits per heavy atom. The molecule has 0 spiro atoms. The van der Waals surface area contributed by atoms with Crippen molar-refractivity contribution in [2.45, 2.75) is 193 Å². The Morgan fingerprint density at radius 1 is 0.900 bits per heavy atom. The monoisotopic (exact) mass is 1200 g/mol. The van der Waals surface area contributed by atoms with Crippen LogP contribution in [0.2, 0.25) is 0 Å². The second kappa shape index (κ2) is 24.1. The van der Waals surface area contributed by atoms with E-state index in [-0.39, 0.29) is 73.1 Å². The minimum absolute atomic E-state index is 0.0330. The zero-order valence-corrected chi connectivity index (χ0v) is 50.4. The van der Waals surface area contributed by atoms with Crippen LogP contribution in [0.25, 0.3) is 0 Å². The number of Topliss-reactive ketones (excluding diaryl/α,β-unsaturated/α-hetero) is 2. The lowest BCUT2D eigenvalue weighted by Crippen LogP contribution is -2.70. The molecule has 0 unspecified atom stereocenters. The molecule has 1 saturated heterocycles. The quantitative estimate of drug-likeness (QED) is 0.0432. The molecule has 20 heteroatoms. The summed E-state index contributed by atoms with van der Waals surface area (Å²) in [7, 11) is -4.46. The van der Waals surface area contributed by atoms with Crippen LogP contribution in [0.3, 0.4) is 0 Å². The van der Waals surface area contributed by atoms with E-state index < -0.39 is 107 Å². The van der Waals surface area contributed by atoms with E-state index in [0.717, 1.165) is 17.2 Å². The number of benzene rings is 2. The third-order valence-corrected chi connectivity index (χ3v) is 18.6. The molecule has 0 bridgehead atoms. The number of carbonyl (C=O) groups is 6. The van der Waals surface area contributed by atoms with Crippen molar-refractivity contribution in [3.05, 3.63) is 89.0 Å². The number of unbranched alkanes of at least 4 members (excludes halogenated alkanes) is 2. The third kappa shape index (κ3) is 13.8. The lowest BCUT2D eigenvalue weighted by molar-refractivity contribution is -0.235. The van der Waals surface area contributed by atoms with Gasteiger partial charge in [0.25, 0.3) is 0 Å². The molecule has 1 heterocycles. The van der Waals surface area contributed by atoms with Crippen LogP contribution < -0.4 is 10.6 Å². The molecule has 440 valence electrons. The van der Waals surface area contributed by atoms with Gasteiger partial charge in [0, 0.05) is 46.8 Å². The highest BCUT2D eigenvalue weighted by atomic mass is 79.9. The number of phosphoric acid groups is 1. The van der Waals surface area contributed by atoms with Crippen molar-refractivity contribution in [2.75, 3.05) is 23.8 Å². The van der Waals surface area contributed by atoms with E-state index in [9.17, 15) is 33.6 Å². The number of hydrogen-bond donors (Lipinski definition) is 3. The minimum atomic E-state index is -4.46. The molecular weight excluding hydrogens is 1120 g/mol. The fraction of sp³-hybridized carbons (Fsp3) is 0.633. The fourth-order valence-corrected chi connectivity index (χ4v) is 14.7. The molecule has 5 aliphatic rings. The Morgan fingerprint density at radius 3 is 2.21 bits per heavy atom. The molecule has 3 N–H and O–H groups in total. The molecule has 3 saturated carbocycles. The number of carbonyl (C=O) groups excluding carboxylic acids is 6. The molecule has 4 fully saturated rings. The van der Waals surface area contributed by atoms with Crippen LogP contribution in [0, 0.1) is 28.6 Å². The maximum absolute atomic E-state index is 18.3. The van der Waals surface area contributed by atoms with Crippen molar-refractivity contribution >= 4 is 64.6 Å². The number of ketones is 3. The molecule has 4 aliphatic carbocycles. The van der Waals surface area contributed by atoms with Gasteiger partial charge in [-0.3, -0.25) is 42.3 Å². The Labute approximate surface area is 477 Å². The summed E-state index contributed by atoms with van der Waals surface area (Å²) in [4.78, 5) is 78.7. The Kier molecular flexibility index (Phi) is 19.1. The number of phosphoric ester groups is 1. The number of rotatable bonds is 22. The lowest BCUT2D eigenvalue weighted by atomic mass is 9.44. The number of ether oxygens (including phenoxy) is 3. The highest BCUT2D eigenvalue weighted by Gasteiger charge is 2.80. The maximum atomic E-state index is 18.3. The lowest BCUT2D eigenvalue weighted by Gasteiger charge is -2.63. The molecule has 7 rings (SSSR count). The SMILES string of the molecule is CC(C)(C)OC(=O)CCCCC[C@H](CC(=O)CNC(=O)CBr)C(=O)Nc1cccc(Cc2ccc([C@@H]3O[C@@H]4C[C@H]5[C@@H]6C[C@H](F)C7=CC(=O)C=C[C@]7(C)[C@@]6(F)[C@@H](O)C[C@]5(C)[C@]4(C(=O)COP(=O)(OC(C)(C)C)OC(C)(C)C)O3)cc2)c1. The average molecular weight is 1200 g/mol. The number of esters is 1.